The largest absolute Gasteiger partial charge is 0.388 e. The van der Waals surface area contributed by atoms with Crippen molar-refractivity contribution in [2.45, 2.75) is 20.0 Å². The molecule has 0 bridgehead atoms. The van der Waals surface area contributed by atoms with Gasteiger partial charge >= 0.3 is 0 Å². The second-order valence-corrected chi connectivity index (χ2v) is 1.47. The van der Waals surface area contributed by atoms with Gasteiger partial charge in [0.15, 0.2) is 5.82 Å². The summed E-state index contributed by atoms with van der Waals surface area (Å²) in [6.45, 7) is -0.553. The minimum atomic E-state index is -1.60. The highest BCUT2D eigenvalue weighted by Crippen LogP contribution is 1.90. The van der Waals surface area contributed by atoms with E-state index in [2.05, 4.69) is 10.1 Å². The van der Waals surface area contributed by atoms with E-state index in [1.54, 1.807) is 0 Å². The molecule has 1 rings (SSSR count). The van der Waals surface area contributed by atoms with Crippen LogP contribution >= 0.6 is 0 Å². The Bertz CT molecular complexity index is 242. The Morgan fingerprint density at radius 2 is 2.78 bits per heavy atom. The van der Waals surface area contributed by atoms with E-state index in [1.807, 2.05) is 0 Å². The van der Waals surface area contributed by atoms with Crippen molar-refractivity contribution < 1.29 is 7.85 Å². The third-order valence-electron chi connectivity index (χ3n) is 0.972. The zero-order chi connectivity index (χ0) is 8.48. The predicted molar refractivity (Wildman–Crippen MR) is 31.6 cm³/mol. The minimum Gasteiger partial charge on any atom is -0.388 e. The summed E-state index contributed by atoms with van der Waals surface area (Å²) in [5.41, 5.74) is 0. The first-order valence-electron chi connectivity index (χ1n) is 3.56. The normalized spacial score (nSPS) is 14.9. The molecule has 0 fully saturated rings. The second kappa shape index (κ2) is 2.59. The monoisotopic (exact) mass is 129 g/mol. The van der Waals surface area contributed by atoms with Crippen LogP contribution < -0.4 is 0 Å². The highest BCUT2D eigenvalue weighted by molar-refractivity contribution is 4.79. The van der Waals surface area contributed by atoms with E-state index in [1.165, 1.54) is 13.3 Å². The molecule has 1 N–H and O–H groups in total. The Kier molecular flexibility index (Phi) is 1.15. The molecule has 0 aliphatic carbocycles. The summed E-state index contributed by atoms with van der Waals surface area (Å²) in [5.74, 6) is 0.234. The van der Waals surface area contributed by atoms with Crippen LogP contribution in [0.25, 0.3) is 0 Å². The van der Waals surface area contributed by atoms with E-state index >= 15 is 0 Å². The van der Waals surface area contributed by atoms with Crippen LogP contribution in [0.1, 0.15) is 15.5 Å². The van der Waals surface area contributed by atoms with Crippen LogP contribution in [0.4, 0.5) is 0 Å². The molecule has 0 unspecified atom stereocenters. The van der Waals surface area contributed by atoms with Crippen molar-refractivity contribution >= 4 is 0 Å². The summed E-state index contributed by atoms with van der Waals surface area (Å²) in [6, 6.07) is 0. The van der Waals surface area contributed by atoms with Crippen molar-refractivity contribution in [1.82, 2.24) is 14.8 Å². The molecule has 9 heavy (non-hydrogen) atoms. The minimum absolute atomic E-state index is 0.234. The summed E-state index contributed by atoms with van der Waals surface area (Å²) in [5, 5.41) is 12.3. The lowest BCUT2D eigenvalue weighted by Gasteiger charge is -1.95. The molecule has 0 amide bonds. The third-order valence-corrected chi connectivity index (χ3v) is 0.972. The average molecular weight is 129 g/mol. The molecular weight excluding hydrogens is 118 g/mol. The number of rotatable bonds is 2. The molecule has 0 radical (unpaired) electrons. The van der Waals surface area contributed by atoms with Gasteiger partial charge in [0.25, 0.3) is 0 Å². The molecule has 1 aromatic rings. The Labute approximate surface area is 56.0 Å². The van der Waals surface area contributed by atoms with Crippen molar-refractivity contribution in [3.8, 4) is 0 Å². The van der Waals surface area contributed by atoms with Gasteiger partial charge in [-0.2, -0.15) is 5.10 Å². The van der Waals surface area contributed by atoms with Crippen molar-refractivity contribution in [3.63, 3.8) is 0 Å². The van der Waals surface area contributed by atoms with Gasteiger partial charge in [0.2, 0.25) is 0 Å². The number of aliphatic hydroxyl groups excluding tert-OH is 1. The standard InChI is InChI=1S/C5H9N3O/c1-2-8-5(3-9)6-4-7-8/h4,9H,2-3H2,1H3/i2D2. The van der Waals surface area contributed by atoms with Crippen molar-refractivity contribution in [2.75, 3.05) is 0 Å². The summed E-state index contributed by atoms with van der Waals surface area (Å²) in [4.78, 5) is 3.66. The maximum Gasteiger partial charge on any atom is 0.152 e. The van der Waals surface area contributed by atoms with Gasteiger partial charge in [0.1, 0.15) is 12.9 Å². The maximum atomic E-state index is 8.68. The van der Waals surface area contributed by atoms with Crippen LogP contribution in [0.3, 0.4) is 0 Å². The van der Waals surface area contributed by atoms with Crippen LogP contribution in [-0.4, -0.2) is 19.9 Å². The summed E-state index contributed by atoms with van der Waals surface area (Å²) < 4.78 is 15.5. The topological polar surface area (TPSA) is 50.9 Å². The van der Waals surface area contributed by atoms with E-state index in [0.717, 1.165) is 4.68 Å². The third kappa shape index (κ3) is 1.08. The molecule has 4 heteroatoms. The highest BCUT2D eigenvalue weighted by Gasteiger charge is 1.96. The fraction of sp³-hybridized carbons (Fsp3) is 0.600. The van der Waals surface area contributed by atoms with Crippen molar-refractivity contribution in [3.05, 3.63) is 12.2 Å². The van der Waals surface area contributed by atoms with E-state index in [9.17, 15) is 0 Å². The molecule has 1 heterocycles. The molecule has 1 aromatic heterocycles. The predicted octanol–water partition coefficient (Wildman–Crippen LogP) is -0.210. The quantitative estimate of drug-likeness (QED) is 0.601. The number of hydrogen-bond donors (Lipinski definition) is 1. The van der Waals surface area contributed by atoms with Gasteiger partial charge in [0, 0.05) is 6.50 Å². The first kappa shape index (κ1) is 4.00. The first-order valence-corrected chi connectivity index (χ1v) is 2.56. The van der Waals surface area contributed by atoms with Gasteiger partial charge in [-0.05, 0) is 6.92 Å². The van der Waals surface area contributed by atoms with Gasteiger partial charge in [-0.3, -0.25) is 0 Å². The van der Waals surface area contributed by atoms with Crippen LogP contribution in [0.5, 0.6) is 0 Å². The smallest absolute Gasteiger partial charge is 0.152 e. The zero-order valence-corrected chi connectivity index (χ0v) is 5.07. The number of nitrogens with zero attached hydrogens (tertiary/aromatic N) is 3. The molecule has 50 valence electrons. The molecule has 0 aromatic carbocycles. The lowest BCUT2D eigenvalue weighted by molar-refractivity contribution is 0.263. The summed E-state index contributed by atoms with van der Waals surface area (Å²) in [7, 11) is 0. The molecule has 0 saturated heterocycles. The van der Waals surface area contributed by atoms with E-state index in [-0.39, 0.29) is 12.4 Å². The second-order valence-electron chi connectivity index (χ2n) is 1.47. The maximum absolute atomic E-state index is 8.68. The van der Waals surface area contributed by atoms with Crippen LogP contribution in [0.2, 0.25) is 0 Å². The number of aryl methyl sites for hydroxylation is 1. The fourth-order valence-electron chi connectivity index (χ4n) is 0.560. The molecular formula is C5H9N3O. The Hall–Kier alpha value is -0.900. The Morgan fingerprint density at radius 1 is 2.00 bits per heavy atom. The molecule has 0 aliphatic rings. The lowest BCUT2D eigenvalue weighted by Crippen LogP contribution is -2.02. The molecule has 0 saturated carbocycles. The number of aromatic nitrogens is 3. The van der Waals surface area contributed by atoms with Gasteiger partial charge in [-0.25, -0.2) is 9.67 Å². The average Bonchev–Trinajstić information content (AvgIpc) is 2.31. The Balaban J connectivity index is 3.02. The summed E-state index contributed by atoms with van der Waals surface area (Å²) in [6.07, 6.45) is 1.22. The van der Waals surface area contributed by atoms with E-state index in [0.29, 0.717) is 0 Å². The summed E-state index contributed by atoms with van der Waals surface area (Å²) >= 11 is 0. The molecule has 4 nitrogen and oxygen atoms in total. The molecule has 0 atom stereocenters. The highest BCUT2D eigenvalue weighted by atomic mass is 16.3. The van der Waals surface area contributed by atoms with Crippen LogP contribution in [0.15, 0.2) is 6.33 Å². The van der Waals surface area contributed by atoms with Gasteiger partial charge in [-0.1, -0.05) is 0 Å². The van der Waals surface area contributed by atoms with Gasteiger partial charge < -0.3 is 5.11 Å². The van der Waals surface area contributed by atoms with Crippen LogP contribution in [-0.2, 0) is 13.1 Å². The first-order chi connectivity index (χ1) is 5.05. The van der Waals surface area contributed by atoms with Crippen molar-refractivity contribution in [2.24, 2.45) is 0 Å². The number of hydrogen-bond acceptors (Lipinski definition) is 3. The number of aliphatic hydroxyl groups is 1. The molecule has 0 spiro atoms. The lowest BCUT2D eigenvalue weighted by atomic mass is 10.6. The fourth-order valence-corrected chi connectivity index (χ4v) is 0.560. The van der Waals surface area contributed by atoms with Crippen molar-refractivity contribution in [1.29, 1.82) is 0 Å². The van der Waals surface area contributed by atoms with E-state index < -0.39 is 6.50 Å². The molecule has 0 aliphatic heterocycles. The van der Waals surface area contributed by atoms with Gasteiger partial charge in [0.05, 0.1) is 2.74 Å². The van der Waals surface area contributed by atoms with Crippen LogP contribution in [0, 0.1) is 0 Å². The van der Waals surface area contributed by atoms with Gasteiger partial charge in [-0.15, -0.1) is 0 Å². The van der Waals surface area contributed by atoms with E-state index in [4.69, 9.17) is 7.85 Å². The Morgan fingerprint density at radius 3 is 3.22 bits per heavy atom. The SMILES string of the molecule is [2H]C([2H])(C)n1ncnc1CO. The zero-order valence-electron chi connectivity index (χ0n) is 7.07.